The number of benzene rings is 1. The molecule has 64 valence electrons. The van der Waals surface area contributed by atoms with Crippen molar-refractivity contribution in [1.82, 2.24) is 0 Å². The monoisotopic (exact) mass is 250 g/mol. The first-order valence-electron chi connectivity index (χ1n) is 3.19. The van der Waals surface area contributed by atoms with Gasteiger partial charge in [0.15, 0.2) is 5.78 Å². The quantitative estimate of drug-likeness (QED) is 0.583. The van der Waals surface area contributed by atoms with Crippen molar-refractivity contribution >= 4 is 33.3 Å². The number of hydrogen-bond acceptors (Lipinski definition) is 1. The minimum atomic E-state index is -0.438. The van der Waals surface area contributed by atoms with Gasteiger partial charge in [-0.15, -0.1) is 11.6 Å². The third kappa shape index (κ3) is 2.05. The molecule has 0 saturated carbocycles. The van der Waals surface area contributed by atoms with E-state index >= 15 is 0 Å². The van der Waals surface area contributed by atoms with E-state index in [1.54, 1.807) is 0 Å². The summed E-state index contributed by atoms with van der Waals surface area (Å²) in [5.74, 6) is -0.864. The minimum Gasteiger partial charge on any atom is -0.293 e. The van der Waals surface area contributed by atoms with Gasteiger partial charge in [-0.2, -0.15) is 0 Å². The number of hydrogen-bond donors (Lipinski definition) is 0. The summed E-state index contributed by atoms with van der Waals surface area (Å²) in [5, 5.41) is 0. The van der Waals surface area contributed by atoms with Crippen LogP contribution in [0.1, 0.15) is 10.4 Å². The van der Waals surface area contributed by atoms with Gasteiger partial charge in [0.1, 0.15) is 5.82 Å². The number of ketones is 1. The van der Waals surface area contributed by atoms with Crippen molar-refractivity contribution in [1.29, 1.82) is 0 Å². The molecule has 0 saturated heterocycles. The van der Waals surface area contributed by atoms with Gasteiger partial charge in [-0.25, -0.2) is 4.39 Å². The molecule has 0 N–H and O–H groups in total. The Labute approximate surface area is 82.7 Å². The molecule has 1 rings (SSSR count). The van der Waals surface area contributed by atoms with E-state index in [4.69, 9.17) is 11.6 Å². The van der Waals surface area contributed by atoms with Gasteiger partial charge in [0.05, 0.1) is 5.88 Å². The van der Waals surface area contributed by atoms with Crippen molar-refractivity contribution in [2.75, 3.05) is 5.88 Å². The van der Waals surface area contributed by atoms with Crippen LogP contribution in [0.3, 0.4) is 0 Å². The Balaban J connectivity index is 3.13. The fourth-order valence-corrected chi connectivity index (χ4v) is 1.39. The molecular formula is C8H5BrClFO. The molecule has 4 heteroatoms. The first-order chi connectivity index (χ1) is 5.65. The van der Waals surface area contributed by atoms with Crippen molar-refractivity contribution in [2.24, 2.45) is 0 Å². The fourth-order valence-electron chi connectivity index (χ4n) is 0.783. The van der Waals surface area contributed by atoms with Crippen molar-refractivity contribution in [3.05, 3.63) is 34.1 Å². The maximum absolute atomic E-state index is 12.6. The zero-order valence-corrected chi connectivity index (χ0v) is 8.32. The summed E-state index contributed by atoms with van der Waals surface area (Å²) in [6.07, 6.45) is 0. The normalized spacial score (nSPS) is 9.92. The van der Waals surface area contributed by atoms with Crippen LogP contribution in [0.4, 0.5) is 4.39 Å². The van der Waals surface area contributed by atoms with E-state index in [0.717, 1.165) is 6.07 Å². The lowest BCUT2D eigenvalue weighted by molar-refractivity contribution is 0.102. The molecule has 1 aromatic rings. The third-order valence-electron chi connectivity index (χ3n) is 1.35. The highest BCUT2D eigenvalue weighted by Gasteiger charge is 2.09. The molecule has 0 amide bonds. The molecule has 0 aromatic heterocycles. The first kappa shape index (κ1) is 9.68. The molecular weight excluding hydrogens is 246 g/mol. The number of carbonyl (C=O) groups excluding carboxylic acids is 1. The molecule has 1 aromatic carbocycles. The smallest absolute Gasteiger partial charge is 0.178 e. The summed E-state index contributed by atoms with van der Waals surface area (Å²) in [6.45, 7) is 0. The molecule has 0 spiro atoms. The summed E-state index contributed by atoms with van der Waals surface area (Å²) >= 11 is 8.44. The van der Waals surface area contributed by atoms with Crippen LogP contribution in [0.25, 0.3) is 0 Å². The topological polar surface area (TPSA) is 17.1 Å². The Kier molecular flexibility index (Phi) is 3.23. The van der Waals surface area contributed by atoms with Gasteiger partial charge in [0.25, 0.3) is 0 Å². The van der Waals surface area contributed by atoms with Crippen LogP contribution in [0.2, 0.25) is 0 Å². The highest BCUT2D eigenvalue weighted by Crippen LogP contribution is 2.18. The molecule has 0 aliphatic carbocycles. The Bertz CT molecular complexity index is 314. The number of Topliss-reactive ketones (excluding diaryl/α,β-unsaturated/α-hetero) is 1. The maximum Gasteiger partial charge on any atom is 0.178 e. The Morgan fingerprint density at radius 2 is 2.25 bits per heavy atom. The van der Waals surface area contributed by atoms with Gasteiger partial charge in [0.2, 0.25) is 0 Å². The van der Waals surface area contributed by atoms with E-state index in [2.05, 4.69) is 15.9 Å². The van der Waals surface area contributed by atoms with Crippen LogP contribution in [0, 0.1) is 5.82 Å². The van der Waals surface area contributed by atoms with Crippen LogP contribution in [0.5, 0.6) is 0 Å². The second kappa shape index (κ2) is 4.01. The standard InChI is InChI=1S/C8H5BrClFO/c9-7-2-1-5(11)3-6(7)8(12)4-10/h1-3H,4H2. The van der Waals surface area contributed by atoms with Crippen molar-refractivity contribution in [2.45, 2.75) is 0 Å². The van der Waals surface area contributed by atoms with Gasteiger partial charge >= 0.3 is 0 Å². The van der Waals surface area contributed by atoms with Gasteiger partial charge in [-0.1, -0.05) is 15.9 Å². The van der Waals surface area contributed by atoms with Crippen LogP contribution in [-0.4, -0.2) is 11.7 Å². The highest BCUT2D eigenvalue weighted by molar-refractivity contribution is 9.10. The largest absolute Gasteiger partial charge is 0.293 e. The molecule has 1 nitrogen and oxygen atoms in total. The average molecular weight is 251 g/mol. The van der Waals surface area contributed by atoms with Crippen molar-refractivity contribution in [3.63, 3.8) is 0 Å². The van der Waals surface area contributed by atoms with Crippen LogP contribution < -0.4 is 0 Å². The summed E-state index contributed by atoms with van der Waals surface area (Å²) in [5.41, 5.74) is 0.282. The van der Waals surface area contributed by atoms with E-state index in [9.17, 15) is 9.18 Å². The van der Waals surface area contributed by atoms with Gasteiger partial charge < -0.3 is 0 Å². The van der Waals surface area contributed by atoms with Gasteiger partial charge in [-0.05, 0) is 18.2 Å². The van der Waals surface area contributed by atoms with E-state index in [1.165, 1.54) is 12.1 Å². The van der Waals surface area contributed by atoms with Crippen LogP contribution in [0.15, 0.2) is 22.7 Å². The molecule has 0 unspecified atom stereocenters. The predicted molar refractivity (Wildman–Crippen MR) is 49.2 cm³/mol. The van der Waals surface area contributed by atoms with Crippen molar-refractivity contribution < 1.29 is 9.18 Å². The Morgan fingerprint density at radius 3 is 2.83 bits per heavy atom. The second-order valence-corrected chi connectivity index (χ2v) is 3.30. The molecule has 0 fully saturated rings. The lowest BCUT2D eigenvalue weighted by atomic mass is 10.1. The van der Waals surface area contributed by atoms with Crippen LogP contribution >= 0.6 is 27.5 Å². The summed E-state index contributed by atoms with van der Waals surface area (Å²) < 4.78 is 13.2. The van der Waals surface area contributed by atoms with Crippen LogP contribution in [-0.2, 0) is 0 Å². The Hall–Kier alpha value is -0.410. The summed E-state index contributed by atoms with van der Waals surface area (Å²) in [6, 6.07) is 3.92. The molecule has 12 heavy (non-hydrogen) atoms. The fraction of sp³-hybridized carbons (Fsp3) is 0.125. The summed E-state index contributed by atoms with van der Waals surface area (Å²) in [7, 11) is 0. The van der Waals surface area contributed by atoms with Gasteiger partial charge in [0, 0.05) is 10.0 Å². The SMILES string of the molecule is O=C(CCl)c1cc(F)ccc1Br. The second-order valence-electron chi connectivity index (χ2n) is 2.18. The first-order valence-corrected chi connectivity index (χ1v) is 4.52. The molecule has 0 aliphatic rings. The molecule has 0 heterocycles. The maximum atomic E-state index is 12.6. The number of alkyl halides is 1. The zero-order valence-electron chi connectivity index (χ0n) is 5.98. The zero-order chi connectivity index (χ0) is 9.14. The van der Waals surface area contributed by atoms with E-state index in [-0.39, 0.29) is 17.2 Å². The minimum absolute atomic E-state index is 0.137. The number of carbonyl (C=O) groups is 1. The van der Waals surface area contributed by atoms with Gasteiger partial charge in [-0.3, -0.25) is 4.79 Å². The summed E-state index contributed by atoms with van der Waals surface area (Å²) in [4.78, 5) is 11.1. The number of halogens is 3. The Morgan fingerprint density at radius 1 is 1.58 bits per heavy atom. The predicted octanol–water partition coefficient (Wildman–Crippen LogP) is 3.01. The molecule has 0 radical (unpaired) electrons. The highest BCUT2D eigenvalue weighted by atomic mass is 79.9. The number of rotatable bonds is 2. The molecule has 0 bridgehead atoms. The lowest BCUT2D eigenvalue weighted by Crippen LogP contribution is -2.01. The lowest BCUT2D eigenvalue weighted by Gasteiger charge is -1.99. The average Bonchev–Trinajstić information content (AvgIpc) is 2.08. The third-order valence-corrected chi connectivity index (χ3v) is 2.28. The van der Waals surface area contributed by atoms with E-state index in [0.29, 0.717) is 4.47 Å². The molecule has 0 atom stereocenters. The molecule has 0 aliphatic heterocycles. The van der Waals surface area contributed by atoms with Crippen molar-refractivity contribution in [3.8, 4) is 0 Å². The van der Waals surface area contributed by atoms with E-state index < -0.39 is 5.82 Å². The van der Waals surface area contributed by atoms with E-state index in [1.807, 2.05) is 0 Å².